The van der Waals surface area contributed by atoms with E-state index in [-0.39, 0.29) is 12.0 Å². The monoisotopic (exact) mass is 316 g/mol. The number of carbonyl (C=O) groups excluding carboxylic acids is 1. The molecule has 0 saturated carbocycles. The van der Waals surface area contributed by atoms with Gasteiger partial charge in [-0.25, -0.2) is 0 Å². The molecule has 0 radical (unpaired) electrons. The van der Waals surface area contributed by atoms with Crippen molar-refractivity contribution >= 4 is 11.6 Å². The van der Waals surface area contributed by atoms with Crippen molar-refractivity contribution in [2.45, 2.75) is 40.2 Å². The zero-order valence-corrected chi connectivity index (χ0v) is 13.7. The minimum atomic E-state index is -0.270. The fraction of sp³-hybridized carbons (Fsp3) is 0.412. The second kappa shape index (κ2) is 5.95. The van der Waals surface area contributed by atoms with E-state index in [2.05, 4.69) is 10.5 Å². The fourth-order valence-corrected chi connectivity index (χ4v) is 2.80. The summed E-state index contributed by atoms with van der Waals surface area (Å²) < 4.78 is 16.5. The van der Waals surface area contributed by atoms with Crippen LogP contribution < -0.4 is 14.8 Å². The number of aromatic nitrogens is 1. The molecule has 1 atom stereocenters. The number of anilines is 1. The third-order valence-corrected chi connectivity index (χ3v) is 3.81. The summed E-state index contributed by atoms with van der Waals surface area (Å²) >= 11 is 0. The first-order valence-electron chi connectivity index (χ1n) is 7.70. The van der Waals surface area contributed by atoms with E-state index >= 15 is 0 Å². The van der Waals surface area contributed by atoms with E-state index in [0.29, 0.717) is 35.1 Å². The van der Waals surface area contributed by atoms with Crippen LogP contribution in [0.15, 0.2) is 16.7 Å². The SMILES string of the molecule is CCOc1cc2c(cc1NC(=O)c1c(C)noc1C)OC(C)C2. The summed E-state index contributed by atoms with van der Waals surface area (Å²) in [6, 6.07) is 3.76. The molecule has 1 aromatic heterocycles. The molecule has 0 spiro atoms. The predicted molar refractivity (Wildman–Crippen MR) is 85.3 cm³/mol. The van der Waals surface area contributed by atoms with Crippen molar-refractivity contribution in [2.75, 3.05) is 11.9 Å². The number of rotatable bonds is 4. The Morgan fingerprint density at radius 1 is 1.43 bits per heavy atom. The molecule has 1 N–H and O–H groups in total. The first-order valence-corrected chi connectivity index (χ1v) is 7.70. The molecule has 0 aliphatic carbocycles. The lowest BCUT2D eigenvalue weighted by Gasteiger charge is -2.13. The van der Waals surface area contributed by atoms with Gasteiger partial charge in [0, 0.05) is 18.1 Å². The van der Waals surface area contributed by atoms with Crippen molar-refractivity contribution in [2.24, 2.45) is 0 Å². The third kappa shape index (κ3) is 2.88. The van der Waals surface area contributed by atoms with E-state index in [1.54, 1.807) is 13.8 Å². The van der Waals surface area contributed by atoms with E-state index in [0.717, 1.165) is 17.7 Å². The quantitative estimate of drug-likeness (QED) is 0.937. The molecular weight excluding hydrogens is 296 g/mol. The average molecular weight is 316 g/mol. The molecule has 1 aromatic carbocycles. The molecular formula is C17H20N2O4. The topological polar surface area (TPSA) is 73.6 Å². The van der Waals surface area contributed by atoms with Gasteiger partial charge in [0.15, 0.2) is 0 Å². The first-order chi connectivity index (χ1) is 11.0. The van der Waals surface area contributed by atoms with E-state index in [1.165, 1.54) is 0 Å². The molecule has 23 heavy (non-hydrogen) atoms. The Labute approximate surface area is 134 Å². The number of hydrogen-bond donors (Lipinski definition) is 1. The molecule has 1 aliphatic heterocycles. The molecule has 2 heterocycles. The highest BCUT2D eigenvalue weighted by Gasteiger charge is 2.24. The van der Waals surface area contributed by atoms with Crippen LogP contribution in [0, 0.1) is 13.8 Å². The number of amides is 1. The highest BCUT2D eigenvalue weighted by atomic mass is 16.5. The summed E-state index contributed by atoms with van der Waals surface area (Å²) in [6.07, 6.45) is 0.973. The van der Waals surface area contributed by atoms with Crippen molar-refractivity contribution in [3.63, 3.8) is 0 Å². The maximum absolute atomic E-state index is 12.5. The Bertz CT molecular complexity index is 732. The number of hydrogen-bond acceptors (Lipinski definition) is 5. The standard InChI is InChI=1S/C17H20N2O4/c1-5-21-15-7-12-6-9(2)22-14(12)8-13(15)18-17(20)16-10(3)19-23-11(16)4/h7-9H,5-6H2,1-4H3,(H,18,20). The van der Waals surface area contributed by atoms with Crippen LogP contribution >= 0.6 is 0 Å². The largest absolute Gasteiger partial charge is 0.492 e. The van der Waals surface area contributed by atoms with Crippen molar-refractivity contribution in [1.82, 2.24) is 5.16 Å². The van der Waals surface area contributed by atoms with Gasteiger partial charge in [-0.2, -0.15) is 0 Å². The summed E-state index contributed by atoms with van der Waals surface area (Å²) in [7, 11) is 0. The molecule has 6 heteroatoms. The summed E-state index contributed by atoms with van der Waals surface area (Å²) in [4.78, 5) is 12.5. The molecule has 3 rings (SSSR count). The lowest BCUT2D eigenvalue weighted by atomic mass is 10.1. The Hall–Kier alpha value is -2.50. The van der Waals surface area contributed by atoms with Gasteiger partial charge >= 0.3 is 0 Å². The number of carbonyl (C=O) groups is 1. The van der Waals surface area contributed by atoms with E-state index in [1.807, 2.05) is 26.0 Å². The smallest absolute Gasteiger partial charge is 0.261 e. The number of nitrogens with zero attached hydrogens (tertiary/aromatic N) is 1. The van der Waals surface area contributed by atoms with Crippen LogP contribution in [0.4, 0.5) is 5.69 Å². The van der Waals surface area contributed by atoms with Gasteiger partial charge in [0.1, 0.15) is 28.9 Å². The van der Waals surface area contributed by atoms with Gasteiger partial charge in [-0.3, -0.25) is 4.79 Å². The minimum Gasteiger partial charge on any atom is -0.492 e. The number of fused-ring (bicyclic) bond motifs is 1. The van der Waals surface area contributed by atoms with Crippen molar-refractivity contribution < 1.29 is 18.8 Å². The van der Waals surface area contributed by atoms with Crippen LogP contribution in [0.1, 0.15) is 41.2 Å². The Kier molecular flexibility index (Phi) is 3.98. The summed E-state index contributed by atoms with van der Waals surface area (Å²) in [5.41, 5.74) is 2.69. The number of nitrogens with one attached hydrogen (secondary N) is 1. The van der Waals surface area contributed by atoms with Crippen LogP contribution in [-0.2, 0) is 6.42 Å². The first kappa shape index (κ1) is 15.4. The minimum absolute atomic E-state index is 0.132. The molecule has 1 aliphatic rings. The third-order valence-electron chi connectivity index (χ3n) is 3.81. The van der Waals surface area contributed by atoms with Crippen molar-refractivity contribution in [3.05, 3.63) is 34.7 Å². The average Bonchev–Trinajstić information content (AvgIpc) is 3.00. The summed E-state index contributed by atoms with van der Waals surface area (Å²) in [5, 5.41) is 6.69. The lowest BCUT2D eigenvalue weighted by molar-refractivity contribution is 0.102. The zero-order valence-electron chi connectivity index (χ0n) is 13.7. The van der Waals surface area contributed by atoms with Crippen LogP contribution in [0.2, 0.25) is 0 Å². The Balaban J connectivity index is 1.93. The van der Waals surface area contributed by atoms with E-state index < -0.39 is 0 Å². The lowest BCUT2D eigenvalue weighted by Crippen LogP contribution is -2.14. The molecule has 0 saturated heterocycles. The molecule has 0 fully saturated rings. The molecule has 1 amide bonds. The van der Waals surface area contributed by atoms with Gasteiger partial charge in [0.2, 0.25) is 0 Å². The Morgan fingerprint density at radius 3 is 2.87 bits per heavy atom. The van der Waals surface area contributed by atoms with Crippen molar-refractivity contribution in [3.8, 4) is 11.5 Å². The number of aryl methyl sites for hydroxylation is 2. The Morgan fingerprint density at radius 2 is 2.22 bits per heavy atom. The molecule has 1 unspecified atom stereocenters. The maximum Gasteiger partial charge on any atom is 0.261 e. The molecule has 2 aromatic rings. The highest BCUT2D eigenvalue weighted by Crippen LogP contribution is 2.38. The van der Waals surface area contributed by atoms with Crippen molar-refractivity contribution in [1.29, 1.82) is 0 Å². The summed E-state index contributed by atoms with van der Waals surface area (Å²) in [6.45, 7) is 7.90. The second-order valence-electron chi connectivity index (χ2n) is 5.67. The fourth-order valence-electron chi connectivity index (χ4n) is 2.80. The van der Waals surface area contributed by atoms with Gasteiger partial charge in [0.25, 0.3) is 5.91 Å². The van der Waals surface area contributed by atoms with Gasteiger partial charge in [-0.05, 0) is 33.8 Å². The summed E-state index contributed by atoms with van der Waals surface area (Å²) in [5.74, 6) is 1.65. The van der Waals surface area contributed by atoms with Gasteiger partial charge in [-0.15, -0.1) is 0 Å². The van der Waals surface area contributed by atoms with Crippen LogP contribution in [0.5, 0.6) is 11.5 Å². The van der Waals surface area contributed by atoms with Gasteiger partial charge in [0.05, 0.1) is 18.0 Å². The molecule has 6 nitrogen and oxygen atoms in total. The van der Waals surface area contributed by atoms with Gasteiger partial charge < -0.3 is 19.3 Å². The predicted octanol–water partition coefficient (Wildman–Crippen LogP) is 3.27. The van der Waals surface area contributed by atoms with E-state index in [4.69, 9.17) is 14.0 Å². The number of benzene rings is 1. The second-order valence-corrected chi connectivity index (χ2v) is 5.67. The maximum atomic E-state index is 12.5. The van der Waals surface area contributed by atoms with Crippen LogP contribution in [0.25, 0.3) is 0 Å². The van der Waals surface area contributed by atoms with Gasteiger partial charge in [-0.1, -0.05) is 5.16 Å². The van der Waals surface area contributed by atoms with Crippen LogP contribution in [-0.4, -0.2) is 23.8 Å². The highest BCUT2D eigenvalue weighted by molar-refractivity contribution is 6.06. The zero-order chi connectivity index (χ0) is 16.6. The number of ether oxygens (including phenoxy) is 2. The molecule has 122 valence electrons. The van der Waals surface area contributed by atoms with Crippen LogP contribution in [0.3, 0.4) is 0 Å². The normalized spacial score (nSPS) is 15.9. The van der Waals surface area contributed by atoms with E-state index in [9.17, 15) is 4.79 Å². The molecule has 0 bridgehead atoms.